The molecule has 2 saturated heterocycles. The van der Waals surface area contributed by atoms with Gasteiger partial charge < -0.3 is 42.1 Å². The third-order valence-corrected chi connectivity index (χ3v) is 11.8. The van der Waals surface area contributed by atoms with Gasteiger partial charge in [-0.25, -0.2) is 0 Å². The van der Waals surface area contributed by atoms with Gasteiger partial charge in [0.2, 0.25) is 29.5 Å². The van der Waals surface area contributed by atoms with Gasteiger partial charge >= 0.3 is 5.97 Å². The quantitative estimate of drug-likeness (QED) is 0.0468. The first-order chi connectivity index (χ1) is 30.1. The lowest BCUT2D eigenvalue weighted by molar-refractivity contribution is -0.145. The summed E-state index contributed by atoms with van der Waals surface area (Å²) in [6.45, 7) is 8.78. The van der Waals surface area contributed by atoms with Gasteiger partial charge in [-0.3, -0.25) is 52.7 Å². The van der Waals surface area contributed by atoms with Crippen LogP contribution in [0, 0.1) is 23.7 Å². The highest BCUT2D eigenvalue weighted by Gasteiger charge is 2.36. The first kappa shape index (κ1) is 55.2. The number of primary amides is 1. The number of hydrogen-bond donors (Lipinski definition) is 7. The maximum absolute atomic E-state index is 13.4. The van der Waals surface area contributed by atoms with Gasteiger partial charge in [0.25, 0.3) is 0 Å². The average molecular weight is 905 g/mol. The number of nitrogens with one attached hydrogen (secondary N) is 4. The number of carboxylic acids is 1. The van der Waals surface area contributed by atoms with E-state index in [4.69, 9.17) is 5.73 Å². The minimum absolute atomic E-state index is 0.0205. The number of carbonyl (C=O) groups excluding carboxylic acids is 10. The molecule has 19 nitrogen and oxygen atoms in total. The minimum atomic E-state index is -1.17. The summed E-state index contributed by atoms with van der Waals surface area (Å²) in [7, 11) is 0. The van der Waals surface area contributed by atoms with E-state index in [2.05, 4.69) is 21.3 Å². The Morgan fingerprint density at radius 3 is 2.09 bits per heavy atom. The van der Waals surface area contributed by atoms with E-state index in [1.165, 1.54) is 18.7 Å². The number of carboxylic acid groups (broad SMARTS) is 1. The van der Waals surface area contributed by atoms with Crippen molar-refractivity contribution in [2.45, 2.75) is 174 Å². The van der Waals surface area contributed by atoms with Crippen molar-refractivity contribution < 1.29 is 63.0 Å². The van der Waals surface area contributed by atoms with Crippen LogP contribution in [0.25, 0.3) is 0 Å². The SMILES string of the molecule is CCCCC[C@H](CC(=O)[C@@H]1CCCN1C(=O)CCC(=O)[C@H](C)NC(=O)[C@@H](CC(=O)CNC(=O)[C@H](C)CC(=O)[C@H](CCC(N)=O)NC(=O)CCC(=O)[C@@H]1C[C@@H](O)CN1)CC(C)C)C(=O)O. The van der Waals surface area contributed by atoms with Gasteiger partial charge in [0.1, 0.15) is 5.78 Å². The van der Waals surface area contributed by atoms with Crippen molar-refractivity contribution in [2.24, 2.45) is 29.4 Å². The molecule has 2 fully saturated rings. The molecule has 0 saturated carbocycles. The molecule has 2 rings (SSSR count). The number of aliphatic carboxylic acids is 1. The number of nitrogens with zero attached hydrogens (tertiary/aromatic N) is 1. The molecule has 0 aliphatic carbocycles. The lowest BCUT2D eigenvalue weighted by atomic mass is 9.91. The lowest BCUT2D eigenvalue weighted by Gasteiger charge is -2.25. The molecule has 0 bridgehead atoms. The van der Waals surface area contributed by atoms with Crippen LogP contribution in [0.2, 0.25) is 0 Å². The number of ketones is 5. The van der Waals surface area contributed by atoms with E-state index in [1.807, 2.05) is 20.8 Å². The van der Waals surface area contributed by atoms with Crippen LogP contribution < -0.4 is 27.0 Å². The molecular formula is C45H72N6O13. The van der Waals surface area contributed by atoms with E-state index in [0.717, 1.165) is 12.8 Å². The minimum Gasteiger partial charge on any atom is -0.481 e. The topological polar surface area (TPSA) is 306 Å². The third kappa shape index (κ3) is 19.9. The molecule has 64 heavy (non-hydrogen) atoms. The molecule has 8 N–H and O–H groups in total. The van der Waals surface area contributed by atoms with Crippen molar-refractivity contribution in [2.75, 3.05) is 19.6 Å². The molecule has 8 atom stereocenters. The van der Waals surface area contributed by atoms with Gasteiger partial charge in [-0.1, -0.05) is 47.0 Å². The third-order valence-electron chi connectivity index (χ3n) is 11.8. The van der Waals surface area contributed by atoms with Crippen LogP contribution in [0.5, 0.6) is 0 Å². The standard InChI is InChI=1S/C45H72N6O13/c1-6-7-8-10-29(45(63)64)22-39(57)35-11-9-18-51(35)42(60)17-14-36(54)28(5)49-44(62)30(19-26(2)3)21-31(52)25-48-43(61)27(4)20-38(56)33(12-15-40(46)58)50-41(59)16-13-37(55)34-23-32(53)24-47-34/h26-30,32-35,47,53H,6-25H2,1-5H3,(H2,46,58)(H,48,61)(H,49,62)(H,50,59)(H,63,64)/t27-,28+,29-,30-,32-,33+,34+,35+/m1/s1. The summed E-state index contributed by atoms with van der Waals surface area (Å²) in [4.78, 5) is 142. The van der Waals surface area contributed by atoms with E-state index >= 15 is 0 Å². The number of aliphatic hydroxyl groups excluding tert-OH is 1. The molecule has 0 aromatic heterocycles. The summed E-state index contributed by atoms with van der Waals surface area (Å²) in [5.74, 6) is -8.65. The number of hydrogen-bond acceptors (Lipinski definition) is 13. The van der Waals surface area contributed by atoms with Crippen molar-refractivity contribution in [1.82, 2.24) is 26.2 Å². The molecule has 2 heterocycles. The number of unbranched alkanes of at least 4 members (excludes halogenated alkanes) is 2. The summed E-state index contributed by atoms with van der Waals surface area (Å²) in [6, 6.07) is -3.47. The van der Waals surface area contributed by atoms with Gasteiger partial charge in [-0.15, -0.1) is 0 Å². The Balaban J connectivity index is 1.88. The predicted octanol–water partition coefficient (Wildman–Crippen LogP) is 1.23. The highest BCUT2D eigenvalue weighted by Crippen LogP contribution is 2.25. The highest BCUT2D eigenvalue weighted by atomic mass is 16.4. The van der Waals surface area contributed by atoms with Gasteiger partial charge in [-0.2, -0.15) is 0 Å². The maximum atomic E-state index is 13.4. The highest BCUT2D eigenvalue weighted by molar-refractivity contribution is 5.97. The van der Waals surface area contributed by atoms with E-state index < -0.39 is 107 Å². The van der Waals surface area contributed by atoms with Crippen LogP contribution in [0.3, 0.4) is 0 Å². The second-order valence-electron chi connectivity index (χ2n) is 17.9. The molecule has 0 aromatic rings. The lowest BCUT2D eigenvalue weighted by Crippen LogP contribution is -2.44. The predicted molar refractivity (Wildman–Crippen MR) is 233 cm³/mol. The monoisotopic (exact) mass is 905 g/mol. The molecule has 0 unspecified atom stereocenters. The largest absolute Gasteiger partial charge is 0.481 e. The van der Waals surface area contributed by atoms with Crippen LogP contribution in [-0.4, -0.2) is 129 Å². The average Bonchev–Trinajstić information content (AvgIpc) is 3.91. The van der Waals surface area contributed by atoms with Gasteiger partial charge in [-0.05, 0) is 51.4 Å². The molecule has 0 aromatic carbocycles. The fourth-order valence-electron chi connectivity index (χ4n) is 8.07. The van der Waals surface area contributed by atoms with E-state index in [-0.39, 0.29) is 94.7 Å². The van der Waals surface area contributed by atoms with Crippen LogP contribution in [0.1, 0.15) is 144 Å². The van der Waals surface area contributed by atoms with Crippen molar-refractivity contribution in [3.63, 3.8) is 0 Å². The molecule has 5 amide bonds. The summed E-state index contributed by atoms with van der Waals surface area (Å²) in [6.07, 6.45) is 1.80. The molecular weight excluding hydrogens is 833 g/mol. The number of rotatable bonds is 32. The first-order valence-corrected chi connectivity index (χ1v) is 22.8. The van der Waals surface area contributed by atoms with Gasteiger partial charge in [0.15, 0.2) is 23.1 Å². The molecule has 0 spiro atoms. The Bertz CT molecular complexity index is 1680. The van der Waals surface area contributed by atoms with Crippen LogP contribution >= 0.6 is 0 Å². The van der Waals surface area contributed by atoms with E-state index in [0.29, 0.717) is 32.2 Å². The maximum Gasteiger partial charge on any atom is 0.306 e. The second kappa shape index (κ2) is 28.1. The molecule has 19 heteroatoms. The Hall–Kier alpha value is -4.91. The smallest absolute Gasteiger partial charge is 0.306 e. The van der Waals surface area contributed by atoms with E-state index in [1.54, 1.807) is 0 Å². The second-order valence-corrected chi connectivity index (χ2v) is 17.9. The number of carbonyl (C=O) groups is 11. The molecule has 0 radical (unpaired) electrons. The Morgan fingerprint density at radius 2 is 1.48 bits per heavy atom. The normalized spacial score (nSPS) is 19.5. The number of aliphatic hydroxyl groups is 1. The summed E-state index contributed by atoms with van der Waals surface area (Å²) < 4.78 is 0. The fourth-order valence-corrected chi connectivity index (χ4v) is 8.07. The van der Waals surface area contributed by atoms with E-state index in [9.17, 15) is 63.0 Å². The Labute approximate surface area is 375 Å². The zero-order valence-corrected chi connectivity index (χ0v) is 38.2. The van der Waals surface area contributed by atoms with Gasteiger partial charge in [0, 0.05) is 76.3 Å². The zero-order chi connectivity index (χ0) is 48.1. The van der Waals surface area contributed by atoms with Crippen molar-refractivity contribution in [1.29, 1.82) is 0 Å². The Kier molecular flexibility index (Phi) is 24.2. The summed E-state index contributed by atoms with van der Waals surface area (Å²) >= 11 is 0. The van der Waals surface area contributed by atoms with Crippen LogP contribution in [0.4, 0.5) is 0 Å². The first-order valence-electron chi connectivity index (χ1n) is 22.8. The summed E-state index contributed by atoms with van der Waals surface area (Å²) in [5.41, 5.74) is 5.26. The summed E-state index contributed by atoms with van der Waals surface area (Å²) in [5, 5.41) is 29.8. The van der Waals surface area contributed by atoms with Crippen molar-refractivity contribution in [3.8, 4) is 0 Å². The number of amides is 5. The van der Waals surface area contributed by atoms with Crippen LogP contribution in [-0.2, 0) is 52.7 Å². The number of Topliss-reactive ketones (excluding diaryl/α,β-unsaturated/α-hetero) is 5. The van der Waals surface area contributed by atoms with Crippen molar-refractivity contribution >= 4 is 64.4 Å². The number of likely N-dealkylation sites (tertiary alicyclic amines) is 1. The molecule has 360 valence electrons. The molecule has 2 aliphatic heterocycles. The fraction of sp³-hybridized carbons (Fsp3) is 0.756. The van der Waals surface area contributed by atoms with Crippen LogP contribution in [0.15, 0.2) is 0 Å². The zero-order valence-electron chi connectivity index (χ0n) is 38.2. The van der Waals surface area contributed by atoms with Crippen molar-refractivity contribution in [3.05, 3.63) is 0 Å². The van der Waals surface area contributed by atoms with Gasteiger partial charge in [0.05, 0.1) is 42.7 Å². The molecule has 2 aliphatic rings. The number of nitrogens with two attached hydrogens (primary N) is 1. The Morgan fingerprint density at radius 1 is 0.781 bits per heavy atom. The number of β-amino-alcohol motifs (C(OH)–C–C–N with tert-alkyl or cyclic N) is 1.